The summed E-state index contributed by atoms with van der Waals surface area (Å²) in [7, 11) is 4.04. The first kappa shape index (κ1) is 23.7. The van der Waals surface area contributed by atoms with E-state index in [1.54, 1.807) is 6.07 Å². The lowest BCUT2D eigenvalue weighted by Gasteiger charge is -2.16. The summed E-state index contributed by atoms with van der Waals surface area (Å²) in [5, 5.41) is 14.9. The number of nitrogens with one attached hydrogen (secondary N) is 2. The number of halogens is 1. The highest BCUT2D eigenvalue weighted by Gasteiger charge is 2.35. The molecule has 0 saturated carbocycles. The van der Waals surface area contributed by atoms with E-state index in [1.807, 2.05) is 74.8 Å². The van der Waals surface area contributed by atoms with E-state index in [0.29, 0.717) is 11.4 Å². The molecule has 1 unspecified atom stereocenters. The number of fused-ring (bicyclic) bond motifs is 1. The Morgan fingerprint density at radius 2 is 1.88 bits per heavy atom. The minimum atomic E-state index is -0.952. The standard InChI is InChI=1S/C26H25BrN4O3/c1-31(2)15-16-6-9-19(10-7-16)29-25(17-4-3-5-20(12-17)28-14-23(32)33)24-21-11-8-18(27)13-22(21)30-26(24)34/h3-13,24,28H,14-15H2,1-2H3,(H,30,34)(H,32,33). The van der Waals surface area contributed by atoms with Gasteiger partial charge in [0.2, 0.25) is 5.91 Å². The molecule has 1 amide bonds. The molecule has 8 heteroatoms. The lowest BCUT2D eigenvalue weighted by atomic mass is 9.90. The minimum Gasteiger partial charge on any atom is -0.480 e. The van der Waals surface area contributed by atoms with Gasteiger partial charge in [0.25, 0.3) is 0 Å². The molecular weight excluding hydrogens is 496 g/mol. The Kier molecular flexibility index (Phi) is 7.09. The smallest absolute Gasteiger partial charge is 0.322 e. The van der Waals surface area contributed by atoms with Gasteiger partial charge in [-0.3, -0.25) is 14.6 Å². The molecule has 3 aromatic carbocycles. The van der Waals surface area contributed by atoms with Crippen molar-refractivity contribution in [2.45, 2.75) is 12.5 Å². The van der Waals surface area contributed by atoms with Crippen LogP contribution in [0, 0.1) is 0 Å². The van der Waals surface area contributed by atoms with Crippen LogP contribution in [0.15, 0.2) is 76.2 Å². The van der Waals surface area contributed by atoms with Crippen LogP contribution in [0.3, 0.4) is 0 Å². The molecule has 0 aliphatic carbocycles. The number of amides is 1. The largest absolute Gasteiger partial charge is 0.480 e. The minimum absolute atomic E-state index is 0.153. The number of carboxylic acids is 1. The Labute approximate surface area is 206 Å². The summed E-state index contributed by atoms with van der Waals surface area (Å²) in [5.74, 6) is -1.70. The molecule has 4 rings (SSSR count). The van der Waals surface area contributed by atoms with Gasteiger partial charge in [0.05, 0.1) is 11.4 Å². The van der Waals surface area contributed by atoms with Gasteiger partial charge in [0.1, 0.15) is 12.5 Å². The average Bonchev–Trinajstić information content (AvgIpc) is 3.11. The molecule has 34 heavy (non-hydrogen) atoms. The van der Waals surface area contributed by atoms with Crippen molar-refractivity contribution < 1.29 is 14.7 Å². The summed E-state index contributed by atoms with van der Waals surface area (Å²) in [4.78, 5) is 31.1. The maximum atomic E-state index is 13.1. The van der Waals surface area contributed by atoms with Crippen LogP contribution in [0.5, 0.6) is 0 Å². The number of carbonyl (C=O) groups excluding carboxylic acids is 1. The zero-order valence-corrected chi connectivity index (χ0v) is 20.5. The van der Waals surface area contributed by atoms with E-state index in [1.165, 1.54) is 5.56 Å². The number of carboxylic acid groups (broad SMARTS) is 1. The highest BCUT2D eigenvalue weighted by Crippen LogP contribution is 2.38. The molecule has 174 valence electrons. The molecule has 1 aliphatic rings. The van der Waals surface area contributed by atoms with Crippen molar-refractivity contribution in [3.63, 3.8) is 0 Å². The Morgan fingerprint density at radius 1 is 1.12 bits per heavy atom. The second kappa shape index (κ2) is 10.2. The van der Waals surface area contributed by atoms with Crippen LogP contribution in [0.2, 0.25) is 0 Å². The molecule has 1 atom stereocenters. The van der Waals surface area contributed by atoms with E-state index < -0.39 is 11.9 Å². The predicted molar refractivity (Wildman–Crippen MR) is 138 cm³/mol. The van der Waals surface area contributed by atoms with Crippen molar-refractivity contribution in [1.82, 2.24) is 4.90 Å². The van der Waals surface area contributed by atoms with Gasteiger partial charge in [-0.1, -0.05) is 46.3 Å². The fourth-order valence-corrected chi connectivity index (χ4v) is 4.31. The maximum Gasteiger partial charge on any atom is 0.322 e. The van der Waals surface area contributed by atoms with Gasteiger partial charge in [0, 0.05) is 22.4 Å². The number of carbonyl (C=O) groups is 2. The second-order valence-corrected chi connectivity index (χ2v) is 9.30. The van der Waals surface area contributed by atoms with E-state index in [-0.39, 0.29) is 12.5 Å². The number of nitrogens with zero attached hydrogens (tertiary/aromatic N) is 2. The average molecular weight is 521 g/mol. The molecule has 0 bridgehead atoms. The van der Waals surface area contributed by atoms with Crippen molar-refractivity contribution in [3.05, 3.63) is 87.9 Å². The van der Waals surface area contributed by atoms with Crippen LogP contribution in [-0.4, -0.2) is 48.2 Å². The summed E-state index contributed by atoms with van der Waals surface area (Å²) in [6, 6.07) is 21.0. The van der Waals surface area contributed by atoms with Crippen molar-refractivity contribution in [2.75, 3.05) is 31.3 Å². The van der Waals surface area contributed by atoms with Gasteiger partial charge < -0.3 is 20.6 Å². The summed E-state index contributed by atoms with van der Waals surface area (Å²) in [6.07, 6.45) is 0. The number of aliphatic imine (C=N–C) groups is 1. The van der Waals surface area contributed by atoms with E-state index in [2.05, 4.69) is 31.5 Å². The zero-order valence-electron chi connectivity index (χ0n) is 18.9. The SMILES string of the molecule is CN(C)Cc1ccc(N=C(c2cccc(NCC(=O)O)c2)C2C(=O)Nc3cc(Br)ccc32)cc1. The first-order valence-corrected chi connectivity index (χ1v) is 11.6. The first-order valence-electron chi connectivity index (χ1n) is 10.8. The molecule has 0 fully saturated rings. The van der Waals surface area contributed by atoms with Gasteiger partial charge in [-0.2, -0.15) is 0 Å². The van der Waals surface area contributed by atoms with Crippen molar-refractivity contribution in [1.29, 1.82) is 0 Å². The second-order valence-electron chi connectivity index (χ2n) is 8.38. The van der Waals surface area contributed by atoms with Gasteiger partial charge >= 0.3 is 5.97 Å². The van der Waals surface area contributed by atoms with E-state index >= 15 is 0 Å². The fraction of sp³-hybridized carbons (Fsp3) is 0.192. The lowest BCUT2D eigenvalue weighted by molar-refractivity contribution is -0.135. The molecule has 7 nitrogen and oxygen atoms in total. The molecule has 3 aromatic rings. The Bertz CT molecular complexity index is 1260. The van der Waals surface area contributed by atoms with Gasteiger partial charge in [-0.25, -0.2) is 0 Å². The van der Waals surface area contributed by atoms with Crippen LogP contribution in [0.4, 0.5) is 17.1 Å². The summed E-state index contributed by atoms with van der Waals surface area (Å²) >= 11 is 3.46. The summed E-state index contributed by atoms with van der Waals surface area (Å²) in [5.41, 5.74) is 5.47. The van der Waals surface area contributed by atoms with Gasteiger partial charge in [0.15, 0.2) is 0 Å². The molecule has 1 heterocycles. The normalized spacial score (nSPS) is 15.2. The van der Waals surface area contributed by atoms with Crippen LogP contribution >= 0.6 is 15.9 Å². The molecule has 0 radical (unpaired) electrons. The van der Waals surface area contributed by atoms with Crippen LogP contribution in [-0.2, 0) is 16.1 Å². The number of benzene rings is 3. The fourth-order valence-electron chi connectivity index (χ4n) is 3.95. The van der Waals surface area contributed by atoms with E-state index in [4.69, 9.17) is 10.1 Å². The molecule has 0 aromatic heterocycles. The van der Waals surface area contributed by atoms with Crippen molar-refractivity contribution in [3.8, 4) is 0 Å². The Hall–Kier alpha value is -3.49. The van der Waals surface area contributed by atoms with Crippen LogP contribution in [0.25, 0.3) is 0 Å². The molecule has 1 aliphatic heterocycles. The topological polar surface area (TPSA) is 94.0 Å². The van der Waals surface area contributed by atoms with Crippen LogP contribution < -0.4 is 10.6 Å². The molecule has 0 spiro atoms. The Morgan fingerprint density at radius 3 is 2.59 bits per heavy atom. The summed E-state index contributed by atoms with van der Waals surface area (Å²) in [6.45, 7) is 0.617. The highest BCUT2D eigenvalue weighted by molar-refractivity contribution is 9.10. The third-order valence-corrected chi connectivity index (χ3v) is 5.90. The van der Waals surface area contributed by atoms with E-state index in [9.17, 15) is 9.59 Å². The maximum absolute atomic E-state index is 13.1. The predicted octanol–water partition coefficient (Wildman–Crippen LogP) is 4.86. The number of anilines is 2. The lowest BCUT2D eigenvalue weighted by Crippen LogP contribution is -2.22. The number of hydrogen-bond acceptors (Lipinski definition) is 5. The third kappa shape index (κ3) is 5.52. The van der Waals surface area contributed by atoms with Crippen molar-refractivity contribution >= 4 is 50.6 Å². The number of rotatable bonds is 8. The first-order chi connectivity index (χ1) is 16.3. The van der Waals surface area contributed by atoms with Gasteiger partial charge in [-0.05, 0) is 67.2 Å². The zero-order chi connectivity index (χ0) is 24.2. The van der Waals surface area contributed by atoms with Crippen molar-refractivity contribution in [2.24, 2.45) is 4.99 Å². The molecular formula is C26H25BrN4O3. The quantitative estimate of drug-likeness (QED) is 0.368. The molecule has 3 N–H and O–H groups in total. The van der Waals surface area contributed by atoms with E-state index in [0.717, 1.165) is 33.5 Å². The van der Waals surface area contributed by atoms with Crippen LogP contribution in [0.1, 0.15) is 22.6 Å². The number of aliphatic carboxylic acids is 1. The Balaban J connectivity index is 1.78. The number of hydrogen-bond donors (Lipinski definition) is 3. The van der Waals surface area contributed by atoms with Gasteiger partial charge in [-0.15, -0.1) is 0 Å². The monoisotopic (exact) mass is 520 g/mol. The highest BCUT2D eigenvalue weighted by atomic mass is 79.9. The molecule has 0 saturated heterocycles. The summed E-state index contributed by atoms with van der Waals surface area (Å²) < 4.78 is 0.877. The third-order valence-electron chi connectivity index (χ3n) is 5.41.